The molecule has 2 amide bonds. The summed E-state index contributed by atoms with van der Waals surface area (Å²) in [5.74, 6) is 0.411. The van der Waals surface area contributed by atoms with Crippen molar-refractivity contribution in [2.75, 3.05) is 25.5 Å². The largest absolute Gasteiger partial charge is 0.495 e. The Balaban J connectivity index is 1.43. The van der Waals surface area contributed by atoms with Crippen LogP contribution in [0.15, 0.2) is 66.7 Å². The number of anilines is 1. The molecule has 0 saturated carbocycles. The zero-order chi connectivity index (χ0) is 20.9. The lowest BCUT2D eigenvalue weighted by atomic mass is 9.95. The molecule has 1 aliphatic heterocycles. The average Bonchev–Trinajstić information content (AvgIpc) is 2.79. The number of benzene rings is 3. The number of fused-ring (bicyclic) bond motifs is 1. The molecule has 5 heteroatoms. The lowest BCUT2D eigenvalue weighted by molar-refractivity contribution is -0.133. The normalized spacial score (nSPS) is 16.3. The fraction of sp³-hybridized carbons (Fsp3) is 0.280. The summed E-state index contributed by atoms with van der Waals surface area (Å²) in [7, 11) is 1.58. The zero-order valence-electron chi connectivity index (χ0n) is 17.1. The zero-order valence-corrected chi connectivity index (χ0v) is 17.1. The number of carbonyl (C=O) groups is 2. The highest BCUT2D eigenvalue weighted by Crippen LogP contribution is 2.26. The number of para-hydroxylation sites is 2. The summed E-state index contributed by atoms with van der Waals surface area (Å²) >= 11 is 0. The molecule has 0 aliphatic carbocycles. The Hall–Kier alpha value is -3.34. The van der Waals surface area contributed by atoms with Gasteiger partial charge in [-0.3, -0.25) is 9.59 Å². The van der Waals surface area contributed by atoms with E-state index in [2.05, 4.69) is 23.5 Å². The maximum Gasteiger partial charge on any atom is 0.229 e. The standard InChI is InChI=1S/C25H26N2O3/c1-30-23-14-5-4-13-22(23)26-25(29)20-11-7-15-27(17-20)24(28)16-19-10-6-9-18-8-2-3-12-21(18)19/h2-6,8-10,12-14,20H,7,11,15-17H2,1H3,(H,26,29)/t20-/m0/s1. The van der Waals surface area contributed by atoms with Gasteiger partial charge in [0.15, 0.2) is 0 Å². The molecule has 1 atom stereocenters. The number of ether oxygens (including phenoxy) is 1. The number of hydrogen-bond donors (Lipinski definition) is 1. The number of likely N-dealkylation sites (tertiary alicyclic amines) is 1. The molecule has 1 saturated heterocycles. The molecule has 3 aromatic carbocycles. The molecule has 5 nitrogen and oxygen atoms in total. The van der Waals surface area contributed by atoms with E-state index >= 15 is 0 Å². The van der Waals surface area contributed by atoms with E-state index in [4.69, 9.17) is 4.74 Å². The van der Waals surface area contributed by atoms with Gasteiger partial charge in [-0.05, 0) is 41.3 Å². The molecule has 1 aliphatic rings. The second kappa shape index (κ2) is 8.99. The number of nitrogens with one attached hydrogen (secondary N) is 1. The first-order chi connectivity index (χ1) is 14.7. The quantitative estimate of drug-likeness (QED) is 0.693. The fourth-order valence-corrected chi connectivity index (χ4v) is 4.12. The number of piperidine rings is 1. The Morgan fingerprint density at radius 3 is 2.67 bits per heavy atom. The highest BCUT2D eigenvalue weighted by atomic mass is 16.5. The SMILES string of the molecule is COc1ccccc1NC(=O)[C@H]1CCCN(C(=O)Cc2cccc3ccccc23)C1. The van der Waals surface area contributed by atoms with Crippen LogP contribution in [0.3, 0.4) is 0 Å². The van der Waals surface area contributed by atoms with Crippen LogP contribution in [-0.2, 0) is 16.0 Å². The number of methoxy groups -OCH3 is 1. The molecule has 0 aromatic heterocycles. The maximum absolute atomic E-state index is 13.0. The second-order valence-electron chi connectivity index (χ2n) is 7.68. The van der Waals surface area contributed by atoms with Crippen LogP contribution in [0.25, 0.3) is 10.8 Å². The van der Waals surface area contributed by atoms with Crippen molar-refractivity contribution < 1.29 is 14.3 Å². The summed E-state index contributed by atoms with van der Waals surface area (Å²) in [5, 5.41) is 5.20. The molecule has 1 N–H and O–H groups in total. The summed E-state index contributed by atoms with van der Waals surface area (Å²) in [6.07, 6.45) is 1.95. The lowest BCUT2D eigenvalue weighted by Crippen LogP contribution is -2.44. The highest BCUT2D eigenvalue weighted by Gasteiger charge is 2.29. The van der Waals surface area contributed by atoms with E-state index < -0.39 is 0 Å². The number of hydrogen-bond acceptors (Lipinski definition) is 3. The Kier molecular flexibility index (Phi) is 5.98. The van der Waals surface area contributed by atoms with E-state index in [1.807, 2.05) is 53.4 Å². The Bertz CT molecular complexity index is 1060. The molecule has 0 spiro atoms. The molecule has 1 heterocycles. The fourth-order valence-electron chi connectivity index (χ4n) is 4.12. The van der Waals surface area contributed by atoms with E-state index in [1.54, 1.807) is 7.11 Å². The maximum atomic E-state index is 13.0. The van der Waals surface area contributed by atoms with Crippen molar-refractivity contribution in [2.24, 2.45) is 5.92 Å². The lowest BCUT2D eigenvalue weighted by Gasteiger charge is -2.32. The third-order valence-electron chi connectivity index (χ3n) is 5.73. The van der Waals surface area contributed by atoms with Crippen LogP contribution < -0.4 is 10.1 Å². The van der Waals surface area contributed by atoms with Crippen molar-refractivity contribution >= 4 is 28.3 Å². The molecular weight excluding hydrogens is 376 g/mol. The van der Waals surface area contributed by atoms with E-state index in [0.29, 0.717) is 30.9 Å². The summed E-state index contributed by atoms with van der Waals surface area (Å²) in [6, 6.07) is 21.5. The molecular formula is C25H26N2O3. The third-order valence-corrected chi connectivity index (χ3v) is 5.73. The van der Waals surface area contributed by atoms with Gasteiger partial charge < -0.3 is 15.0 Å². The second-order valence-corrected chi connectivity index (χ2v) is 7.68. The minimum Gasteiger partial charge on any atom is -0.495 e. The minimum atomic E-state index is -0.222. The molecule has 0 radical (unpaired) electrons. The van der Waals surface area contributed by atoms with Crippen LogP contribution in [0.1, 0.15) is 18.4 Å². The van der Waals surface area contributed by atoms with Crippen molar-refractivity contribution in [3.05, 3.63) is 72.3 Å². The van der Waals surface area contributed by atoms with Gasteiger partial charge in [0.25, 0.3) is 0 Å². The van der Waals surface area contributed by atoms with E-state index in [-0.39, 0.29) is 17.7 Å². The van der Waals surface area contributed by atoms with Gasteiger partial charge in [0.2, 0.25) is 11.8 Å². The van der Waals surface area contributed by atoms with Crippen molar-refractivity contribution in [3.63, 3.8) is 0 Å². The predicted molar refractivity (Wildman–Crippen MR) is 119 cm³/mol. The summed E-state index contributed by atoms with van der Waals surface area (Å²) < 4.78 is 5.32. The summed E-state index contributed by atoms with van der Waals surface area (Å²) in [5.41, 5.74) is 1.68. The van der Waals surface area contributed by atoms with Gasteiger partial charge in [-0.1, -0.05) is 54.6 Å². The van der Waals surface area contributed by atoms with Crippen molar-refractivity contribution in [1.29, 1.82) is 0 Å². The first-order valence-electron chi connectivity index (χ1n) is 10.3. The van der Waals surface area contributed by atoms with Gasteiger partial charge in [0, 0.05) is 13.1 Å². The smallest absolute Gasteiger partial charge is 0.229 e. The summed E-state index contributed by atoms with van der Waals surface area (Å²) in [6.45, 7) is 1.15. The van der Waals surface area contributed by atoms with E-state index in [9.17, 15) is 9.59 Å². The van der Waals surface area contributed by atoms with Gasteiger partial charge in [-0.2, -0.15) is 0 Å². The Labute approximate surface area is 176 Å². The van der Waals surface area contributed by atoms with Gasteiger partial charge in [-0.25, -0.2) is 0 Å². The average molecular weight is 402 g/mol. The van der Waals surface area contributed by atoms with Crippen molar-refractivity contribution in [2.45, 2.75) is 19.3 Å². The van der Waals surface area contributed by atoms with Crippen LogP contribution >= 0.6 is 0 Å². The molecule has 3 aromatic rings. The number of carbonyl (C=O) groups excluding carboxylic acids is 2. The first-order valence-corrected chi connectivity index (χ1v) is 10.3. The van der Waals surface area contributed by atoms with Gasteiger partial charge in [0.1, 0.15) is 5.75 Å². The molecule has 1 fully saturated rings. The van der Waals surface area contributed by atoms with Gasteiger partial charge in [-0.15, -0.1) is 0 Å². The minimum absolute atomic E-state index is 0.0674. The number of rotatable bonds is 5. The Morgan fingerprint density at radius 1 is 1.03 bits per heavy atom. The molecule has 0 bridgehead atoms. The van der Waals surface area contributed by atoms with E-state index in [0.717, 1.165) is 29.2 Å². The third kappa shape index (κ3) is 4.30. The highest BCUT2D eigenvalue weighted by molar-refractivity contribution is 5.95. The topological polar surface area (TPSA) is 58.6 Å². The van der Waals surface area contributed by atoms with Crippen LogP contribution in [-0.4, -0.2) is 36.9 Å². The Morgan fingerprint density at radius 2 is 1.80 bits per heavy atom. The van der Waals surface area contributed by atoms with Crippen molar-refractivity contribution in [1.82, 2.24) is 4.90 Å². The predicted octanol–water partition coefficient (Wildman–Crippen LogP) is 4.27. The van der Waals surface area contributed by atoms with E-state index in [1.165, 1.54) is 0 Å². The van der Waals surface area contributed by atoms with Crippen LogP contribution in [0, 0.1) is 5.92 Å². The molecule has 154 valence electrons. The number of nitrogens with zero attached hydrogens (tertiary/aromatic N) is 1. The van der Waals surface area contributed by atoms with Crippen LogP contribution in [0.4, 0.5) is 5.69 Å². The van der Waals surface area contributed by atoms with Gasteiger partial charge in [0.05, 0.1) is 25.1 Å². The monoisotopic (exact) mass is 402 g/mol. The summed E-state index contributed by atoms with van der Waals surface area (Å²) in [4.78, 5) is 27.7. The van der Waals surface area contributed by atoms with Crippen LogP contribution in [0.5, 0.6) is 5.75 Å². The first kappa shape index (κ1) is 20.0. The molecule has 4 rings (SSSR count). The number of amides is 2. The molecule has 0 unspecified atom stereocenters. The van der Waals surface area contributed by atoms with Crippen LogP contribution in [0.2, 0.25) is 0 Å². The molecule has 30 heavy (non-hydrogen) atoms. The van der Waals surface area contributed by atoms with Gasteiger partial charge >= 0.3 is 0 Å². The van der Waals surface area contributed by atoms with Crippen molar-refractivity contribution in [3.8, 4) is 5.75 Å².